The van der Waals surface area contributed by atoms with Crippen LogP contribution in [0.15, 0.2) is 72.8 Å². The first kappa shape index (κ1) is 21.5. The summed E-state index contributed by atoms with van der Waals surface area (Å²) in [6, 6.07) is 21.7. The van der Waals surface area contributed by atoms with Gasteiger partial charge in [0.25, 0.3) is 5.01 Å². The second-order valence-electron chi connectivity index (χ2n) is 7.02. The summed E-state index contributed by atoms with van der Waals surface area (Å²) >= 11 is 1.85. The highest BCUT2D eigenvalue weighted by molar-refractivity contribution is 7.19. The van der Waals surface area contributed by atoms with Gasteiger partial charge in [0.15, 0.2) is 0 Å². The zero-order chi connectivity index (χ0) is 19.5. The maximum atomic E-state index is 2.42. The number of allylic oxidation sites excluding steroid dienone is 2. The van der Waals surface area contributed by atoms with Gasteiger partial charge in [0, 0.05) is 25.9 Å². The van der Waals surface area contributed by atoms with Crippen molar-refractivity contribution in [1.82, 2.24) is 0 Å². The Labute approximate surface area is 193 Å². The number of hydrogen-bond donors (Lipinski definition) is 0. The minimum absolute atomic E-state index is 0. The van der Waals surface area contributed by atoms with E-state index in [1.54, 1.807) is 0 Å². The van der Waals surface area contributed by atoms with Gasteiger partial charge in [-0.3, -0.25) is 0 Å². The average molecular weight is 512 g/mol. The van der Waals surface area contributed by atoms with Gasteiger partial charge in [0.05, 0.1) is 5.39 Å². The molecule has 148 valence electrons. The highest BCUT2D eigenvalue weighted by Crippen LogP contribution is 2.28. The zero-order valence-corrected chi connectivity index (χ0v) is 19.9. The average Bonchev–Trinajstić information content (AvgIpc) is 3.09. The summed E-state index contributed by atoms with van der Waals surface area (Å²) in [4.78, 5) is 2.11. The molecule has 0 fully saturated rings. The lowest BCUT2D eigenvalue weighted by atomic mass is 10.1. The molecule has 1 aromatic heterocycles. The molecule has 2 nitrogen and oxygen atoms in total. The van der Waals surface area contributed by atoms with E-state index in [1.807, 2.05) is 11.3 Å². The molecule has 0 radical (unpaired) electrons. The van der Waals surface area contributed by atoms with Crippen molar-refractivity contribution >= 4 is 50.2 Å². The predicted molar refractivity (Wildman–Crippen MR) is 124 cm³/mol. The molecular weight excluding hydrogens is 487 g/mol. The smallest absolute Gasteiger partial charge is 0.262 e. The fourth-order valence-corrected chi connectivity index (χ4v) is 4.66. The van der Waals surface area contributed by atoms with Crippen molar-refractivity contribution in [3.63, 3.8) is 0 Å². The van der Waals surface area contributed by atoms with Crippen molar-refractivity contribution in [3.05, 3.63) is 83.4 Å². The van der Waals surface area contributed by atoms with Gasteiger partial charge in [-0.15, -0.1) is 0 Å². The molecule has 0 spiro atoms. The summed E-state index contributed by atoms with van der Waals surface area (Å²) < 4.78 is 3.75. The normalized spacial score (nSPS) is 11.6. The first-order chi connectivity index (χ1) is 13.7. The minimum atomic E-state index is 0. The van der Waals surface area contributed by atoms with Gasteiger partial charge in [-0.1, -0.05) is 66.0 Å². The Hall–Kier alpha value is -2.18. The molecule has 4 aromatic rings. The standard InChI is InChI=1S/C25H25N2S.HI/c1-4-27-24(12-8-5-9-19-13-16-21(17-14-19)26(2)3)28-23-18-15-20-10-6-7-11-22(20)25(23)27;/h5-18H,4H2,1-3H3;1H/q+1;/p-1. The largest absolute Gasteiger partial charge is 1.00 e. The number of rotatable bonds is 5. The molecule has 4 heteroatoms. The topological polar surface area (TPSA) is 7.12 Å². The number of halogens is 1. The van der Waals surface area contributed by atoms with Crippen LogP contribution >= 0.6 is 11.3 Å². The molecular formula is C25H25IN2S. The Bertz CT molecular complexity index is 1170. The van der Waals surface area contributed by atoms with Gasteiger partial charge in [-0.05, 0) is 42.1 Å². The second kappa shape index (κ2) is 9.55. The zero-order valence-electron chi connectivity index (χ0n) is 17.0. The lowest BCUT2D eigenvalue weighted by molar-refractivity contribution is -0.664. The number of thiazole rings is 1. The van der Waals surface area contributed by atoms with E-state index < -0.39 is 0 Å². The Morgan fingerprint density at radius 2 is 1.62 bits per heavy atom. The third kappa shape index (κ3) is 4.54. The summed E-state index contributed by atoms with van der Waals surface area (Å²) in [5.74, 6) is 0. The van der Waals surface area contributed by atoms with E-state index in [0.29, 0.717) is 0 Å². The molecule has 0 aliphatic carbocycles. The van der Waals surface area contributed by atoms with E-state index in [-0.39, 0.29) is 24.0 Å². The summed E-state index contributed by atoms with van der Waals surface area (Å²) in [6.45, 7) is 3.18. The first-order valence-corrected chi connectivity index (χ1v) is 10.5. The molecule has 0 saturated heterocycles. The fraction of sp³-hybridized carbons (Fsp3) is 0.160. The third-order valence-electron chi connectivity index (χ3n) is 4.98. The van der Waals surface area contributed by atoms with Crippen molar-refractivity contribution < 1.29 is 28.5 Å². The molecule has 0 unspecified atom stereocenters. The third-order valence-corrected chi connectivity index (χ3v) is 6.09. The maximum Gasteiger partial charge on any atom is 0.262 e. The van der Waals surface area contributed by atoms with Crippen LogP contribution in [0.5, 0.6) is 0 Å². The number of aromatic nitrogens is 1. The predicted octanol–water partition coefficient (Wildman–Crippen LogP) is 3.16. The molecule has 4 rings (SSSR count). The van der Waals surface area contributed by atoms with Gasteiger partial charge < -0.3 is 28.9 Å². The van der Waals surface area contributed by atoms with Gasteiger partial charge >= 0.3 is 0 Å². The summed E-state index contributed by atoms with van der Waals surface area (Å²) in [5, 5.41) is 3.90. The molecule has 0 bridgehead atoms. The molecule has 3 aromatic carbocycles. The first-order valence-electron chi connectivity index (χ1n) is 9.63. The fourth-order valence-electron chi connectivity index (χ4n) is 3.50. The molecule has 0 saturated carbocycles. The molecule has 0 N–H and O–H groups in total. The second-order valence-corrected chi connectivity index (χ2v) is 8.08. The van der Waals surface area contributed by atoms with Crippen LogP contribution in [-0.4, -0.2) is 14.1 Å². The van der Waals surface area contributed by atoms with Crippen LogP contribution in [0.3, 0.4) is 0 Å². The summed E-state index contributed by atoms with van der Waals surface area (Å²) in [5.41, 5.74) is 3.77. The Kier molecular flexibility index (Phi) is 7.09. The molecule has 0 aliphatic heterocycles. The van der Waals surface area contributed by atoms with Crippen LogP contribution in [0.25, 0.3) is 33.1 Å². The highest BCUT2D eigenvalue weighted by Gasteiger charge is 2.19. The Morgan fingerprint density at radius 1 is 0.897 bits per heavy atom. The highest BCUT2D eigenvalue weighted by atomic mass is 127. The van der Waals surface area contributed by atoms with Crippen molar-refractivity contribution in [2.75, 3.05) is 19.0 Å². The van der Waals surface area contributed by atoms with E-state index in [2.05, 4.69) is 115 Å². The molecule has 1 heterocycles. The van der Waals surface area contributed by atoms with E-state index in [1.165, 1.54) is 37.2 Å². The molecule has 29 heavy (non-hydrogen) atoms. The van der Waals surface area contributed by atoms with Gasteiger partial charge in [-0.25, -0.2) is 0 Å². The maximum absolute atomic E-state index is 2.42. The molecule has 0 atom stereocenters. The van der Waals surface area contributed by atoms with Crippen LogP contribution in [0, 0.1) is 0 Å². The molecule has 0 amide bonds. The van der Waals surface area contributed by atoms with Crippen molar-refractivity contribution in [3.8, 4) is 0 Å². The van der Waals surface area contributed by atoms with E-state index in [4.69, 9.17) is 0 Å². The lowest BCUT2D eigenvalue weighted by Gasteiger charge is -2.11. The number of benzene rings is 3. The number of hydrogen-bond acceptors (Lipinski definition) is 2. The summed E-state index contributed by atoms with van der Waals surface area (Å²) in [6.07, 6.45) is 8.62. The Morgan fingerprint density at radius 3 is 2.34 bits per heavy atom. The number of fused-ring (bicyclic) bond motifs is 3. The quantitative estimate of drug-likeness (QED) is 0.227. The summed E-state index contributed by atoms with van der Waals surface area (Å²) in [7, 11) is 4.12. The van der Waals surface area contributed by atoms with Crippen LogP contribution in [0.1, 0.15) is 17.5 Å². The molecule has 0 aliphatic rings. The Balaban J connectivity index is 0.00000240. The number of aryl methyl sites for hydroxylation is 1. The van der Waals surface area contributed by atoms with Gasteiger partial charge in [0.1, 0.15) is 11.2 Å². The lowest BCUT2D eigenvalue weighted by Crippen LogP contribution is -3.00. The van der Waals surface area contributed by atoms with Crippen LogP contribution < -0.4 is 33.4 Å². The number of nitrogens with zero attached hydrogens (tertiary/aromatic N) is 2. The van der Waals surface area contributed by atoms with E-state index in [0.717, 1.165) is 6.54 Å². The van der Waals surface area contributed by atoms with Crippen molar-refractivity contribution in [2.45, 2.75) is 13.5 Å². The minimum Gasteiger partial charge on any atom is -1.00 e. The van der Waals surface area contributed by atoms with E-state index >= 15 is 0 Å². The van der Waals surface area contributed by atoms with Crippen LogP contribution in [0.4, 0.5) is 5.69 Å². The van der Waals surface area contributed by atoms with Crippen molar-refractivity contribution in [2.24, 2.45) is 0 Å². The SMILES string of the molecule is CC[n+]1c(/C=C/C=C/c2ccc(N(C)C)cc2)sc2ccc3ccccc3c21.[I-]. The van der Waals surface area contributed by atoms with Gasteiger partial charge in [-0.2, -0.15) is 4.57 Å². The van der Waals surface area contributed by atoms with Gasteiger partial charge in [0.2, 0.25) is 5.52 Å². The van der Waals surface area contributed by atoms with E-state index in [9.17, 15) is 0 Å². The van der Waals surface area contributed by atoms with Crippen molar-refractivity contribution in [1.29, 1.82) is 0 Å². The van der Waals surface area contributed by atoms with Crippen LogP contribution in [0.2, 0.25) is 0 Å². The monoisotopic (exact) mass is 512 g/mol. The number of anilines is 1. The van der Waals surface area contributed by atoms with Crippen LogP contribution in [-0.2, 0) is 6.54 Å².